The van der Waals surface area contributed by atoms with Crippen LogP contribution in [-0.2, 0) is 14.2 Å². The van der Waals surface area contributed by atoms with Gasteiger partial charge in [-0.1, -0.05) is 6.92 Å². The van der Waals surface area contributed by atoms with Crippen molar-refractivity contribution >= 4 is 37.2 Å². The van der Waals surface area contributed by atoms with Gasteiger partial charge in [-0.3, -0.25) is 0 Å². The van der Waals surface area contributed by atoms with Crippen molar-refractivity contribution in [3.63, 3.8) is 0 Å². The number of halogens is 3. The van der Waals surface area contributed by atoms with E-state index >= 15 is 0 Å². The largest absolute Gasteiger partial charge is 2.00 e. The average molecular weight is 378 g/mol. The maximum absolute atomic E-state index is 4.00. The first-order chi connectivity index (χ1) is 2.41. The molecule has 54 valence electrons. The number of rotatable bonds is 0. The maximum Gasteiger partial charge on any atom is 2.00 e. The van der Waals surface area contributed by atoms with Crippen LogP contribution in [0.15, 0.2) is 0 Å². The first-order valence-corrected chi connectivity index (χ1v) is 3.65. The van der Waals surface area contributed by atoms with E-state index in [-0.39, 0.29) is 75.9 Å². The Morgan fingerprint density at radius 1 is 1.33 bits per heavy atom. The second kappa shape index (κ2) is 64.6. The molecule has 9 heavy (non-hydrogen) atoms. The van der Waals surface area contributed by atoms with Crippen LogP contribution in [0.2, 0.25) is 0 Å². The molecule has 0 saturated heterocycles. The molecule has 0 aliphatic rings. The van der Waals surface area contributed by atoms with Crippen molar-refractivity contribution in [3.05, 3.63) is 6.92 Å². The third kappa shape index (κ3) is 89.1. The molecule has 0 aliphatic carbocycles. The van der Waals surface area contributed by atoms with Crippen LogP contribution >= 0.6 is 14.1 Å². The minimum atomic E-state index is 0. The zero-order chi connectivity index (χ0) is 4.71. The quantitative estimate of drug-likeness (QED) is 0.291. The van der Waals surface area contributed by atoms with Crippen molar-refractivity contribution in [2.75, 3.05) is 0 Å². The van der Waals surface area contributed by atoms with E-state index in [4.69, 9.17) is 0 Å². The van der Waals surface area contributed by atoms with Gasteiger partial charge >= 0.3 is 70.2 Å². The van der Waals surface area contributed by atoms with Crippen molar-refractivity contribution < 1.29 is 67.0 Å². The maximum atomic E-state index is 4.00. The van der Waals surface area contributed by atoms with Crippen LogP contribution in [0.3, 0.4) is 0 Å². The SMILES string of the molecule is [Br-].[Br-].[CH2-]CC.[Cu][Br].[Li+].[Mg+2]. The van der Waals surface area contributed by atoms with Crippen LogP contribution in [0.25, 0.3) is 0 Å². The van der Waals surface area contributed by atoms with E-state index in [0.717, 1.165) is 6.42 Å². The van der Waals surface area contributed by atoms with Crippen molar-refractivity contribution in [3.8, 4) is 0 Å². The number of hydrogen-bond donors (Lipinski definition) is 0. The first kappa shape index (κ1) is 39.5. The molecule has 0 spiro atoms. The van der Waals surface area contributed by atoms with Gasteiger partial charge in [0.1, 0.15) is 0 Å². The molecule has 0 unspecified atom stereocenters. The van der Waals surface area contributed by atoms with Crippen LogP contribution < -0.4 is 52.8 Å². The van der Waals surface area contributed by atoms with Crippen molar-refractivity contribution in [2.45, 2.75) is 13.3 Å². The monoisotopic (exact) mass is 374 g/mol. The van der Waals surface area contributed by atoms with Gasteiger partial charge in [-0.2, -0.15) is 6.42 Å². The first-order valence-electron chi connectivity index (χ1n) is 1.32. The number of hydrogen-bond acceptors (Lipinski definition) is 0. The topological polar surface area (TPSA) is 0 Å². The summed E-state index contributed by atoms with van der Waals surface area (Å²) in [5.74, 6) is 0. The molecule has 0 rings (SSSR count). The molecule has 0 aromatic heterocycles. The second-order valence-corrected chi connectivity index (χ2v) is 0.500. The zero-order valence-electron chi connectivity index (χ0n) is 5.56. The molecule has 0 N–H and O–H groups in total. The van der Waals surface area contributed by atoms with Crippen LogP contribution in [0.1, 0.15) is 13.3 Å². The molecule has 6 heteroatoms. The fourth-order valence-corrected chi connectivity index (χ4v) is 0. The molecule has 0 amide bonds. The molecular weight excluding hydrogens is 371 g/mol. The molecule has 0 saturated carbocycles. The second-order valence-electron chi connectivity index (χ2n) is 0.500. The molecule has 0 nitrogen and oxygen atoms in total. The summed E-state index contributed by atoms with van der Waals surface area (Å²) in [5, 5.41) is 0. The molecule has 0 bridgehead atoms. The Hall–Kier alpha value is 3.32. The standard InChI is InChI=1S/C3H7.3BrH.Cu.Li.Mg/c1-3-2;;;;;;/h1,3H2,2H3;3*1H;;;/q-1;;;;2*+1;+2/p-3. The van der Waals surface area contributed by atoms with Gasteiger partial charge in [0.05, 0.1) is 0 Å². The summed E-state index contributed by atoms with van der Waals surface area (Å²) in [7, 11) is 0. The van der Waals surface area contributed by atoms with E-state index in [1.165, 1.54) is 0 Å². The third-order valence-corrected chi connectivity index (χ3v) is 0. The predicted molar refractivity (Wildman–Crippen MR) is 30.3 cm³/mol. The van der Waals surface area contributed by atoms with Gasteiger partial charge in [0, 0.05) is 0 Å². The van der Waals surface area contributed by atoms with Gasteiger partial charge in [-0.25, -0.2) is 0 Å². The van der Waals surface area contributed by atoms with Crippen molar-refractivity contribution in [1.29, 1.82) is 0 Å². The Labute approximate surface area is 122 Å². The molecule has 0 aromatic carbocycles. The summed E-state index contributed by atoms with van der Waals surface area (Å²) >= 11 is 6.50. The average Bonchev–Trinajstić information content (AvgIpc) is 1.46. The van der Waals surface area contributed by atoms with Crippen LogP contribution in [0, 0.1) is 6.92 Å². The van der Waals surface area contributed by atoms with E-state index in [0.29, 0.717) is 0 Å². The Morgan fingerprint density at radius 3 is 1.33 bits per heavy atom. The van der Waals surface area contributed by atoms with Gasteiger partial charge in [0.15, 0.2) is 0 Å². The Bertz CT molecular complexity index is 19.0. The van der Waals surface area contributed by atoms with Crippen LogP contribution in [0.4, 0.5) is 0 Å². The summed E-state index contributed by atoms with van der Waals surface area (Å²) in [4.78, 5) is 0. The molecule has 0 aliphatic heterocycles. The summed E-state index contributed by atoms with van der Waals surface area (Å²) < 4.78 is 0. The van der Waals surface area contributed by atoms with Gasteiger partial charge in [-0.05, 0) is 0 Å². The summed E-state index contributed by atoms with van der Waals surface area (Å²) in [6, 6.07) is 0. The van der Waals surface area contributed by atoms with E-state index in [1.54, 1.807) is 0 Å². The smallest absolute Gasteiger partial charge is 1.00 e. The summed E-state index contributed by atoms with van der Waals surface area (Å²) in [6.45, 7) is 5.50. The Morgan fingerprint density at radius 2 is 1.33 bits per heavy atom. The fourth-order valence-electron chi connectivity index (χ4n) is 0. The Balaban J connectivity index is -0.00000000357. The Kier molecular flexibility index (Phi) is 283. The van der Waals surface area contributed by atoms with Crippen LogP contribution in [-0.4, -0.2) is 23.1 Å². The van der Waals surface area contributed by atoms with E-state index in [1.807, 2.05) is 6.92 Å². The van der Waals surface area contributed by atoms with Gasteiger partial charge in [-0.15, -0.1) is 0 Å². The predicted octanol–water partition coefficient (Wildman–Crippen LogP) is -7.30. The summed E-state index contributed by atoms with van der Waals surface area (Å²) in [5.41, 5.74) is 0. The minimum Gasteiger partial charge on any atom is 1.00 e. The molecule has 0 heterocycles. The molecule has 0 radical (unpaired) electrons. The van der Waals surface area contributed by atoms with E-state index in [2.05, 4.69) is 35.2 Å². The minimum absolute atomic E-state index is 0. The van der Waals surface area contributed by atoms with Crippen molar-refractivity contribution in [2.24, 2.45) is 0 Å². The fraction of sp³-hybridized carbons (Fsp3) is 0.667. The van der Waals surface area contributed by atoms with Gasteiger partial charge in [0.2, 0.25) is 0 Å². The van der Waals surface area contributed by atoms with E-state index < -0.39 is 0 Å². The van der Waals surface area contributed by atoms with Crippen LogP contribution in [0.5, 0.6) is 0 Å². The molecule has 0 atom stereocenters. The molecule has 0 aromatic rings. The zero-order valence-corrected chi connectivity index (χ0v) is 12.7. The van der Waals surface area contributed by atoms with Crippen molar-refractivity contribution in [1.82, 2.24) is 0 Å². The molecule has 0 fully saturated rings. The third-order valence-electron chi connectivity index (χ3n) is 0. The van der Waals surface area contributed by atoms with E-state index in [9.17, 15) is 0 Å². The summed E-state index contributed by atoms with van der Waals surface area (Å²) in [6.07, 6.45) is 1.00. The van der Waals surface area contributed by atoms with Gasteiger partial charge < -0.3 is 40.9 Å². The normalized spacial score (nSPS) is 2.78. The van der Waals surface area contributed by atoms with Gasteiger partial charge in [0.25, 0.3) is 0 Å². The molecular formula is C3H7Br3CuLiMg.